The highest BCUT2D eigenvalue weighted by Gasteiger charge is 2.30. The van der Waals surface area contributed by atoms with Crippen LogP contribution in [0, 0.1) is 0 Å². The maximum atomic E-state index is 12.8. The summed E-state index contributed by atoms with van der Waals surface area (Å²) in [5.41, 5.74) is 4.52. The first-order chi connectivity index (χ1) is 10.8. The van der Waals surface area contributed by atoms with Gasteiger partial charge in [0.2, 0.25) is 0 Å². The molecule has 0 spiro atoms. The van der Waals surface area contributed by atoms with Crippen molar-refractivity contribution in [2.24, 2.45) is 0 Å². The summed E-state index contributed by atoms with van der Waals surface area (Å²) in [4.78, 5) is 12.5. The minimum atomic E-state index is -4.51. The van der Waals surface area contributed by atoms with Gasteiger partial charge in [-0.2, -0.15) is 23.0 Å². The summed E-state index contributed by atoms with van der Waals surface area (Å²) in [6.45, 7) is 0. The molecule has 0 amide bonds. The number of nitrogens with two attached hydrogens (primary N) is 1. The zero-order valence-corrected chi connectivity index (χ0v) is 12.2. The molecule has 4 nitrogen and oxygen atoms in total. The Bertz CT molecular complexity index is 966. The summed E-state index contributed by atoms with van der Waals surface area (Å²) in [7, 11) is 0. The van der Waals surface area contributed by atoms with Crippen LogP contribution in [0.25, 0.3) is 16.5 Å². The van der Waals surface area contributed by atoms with Crippen molar-refractivity contribution in [1.29, 1.82) is 0 Å². The fourth-order valence-corrected chi connectivity index (χ4v) is 2.35. The Hall–Kier alpha value is -2.54. The van der Waals surface area contributed by atoms with Crippen LogP contribution in [0.1, 0.15) is 5.56 Å². The van der Waals surface area contributed by atoms with Crippen LogP contribution in [0.3, 0.4) is 0 Å². The van der Waals surface area contributed by atoms with E-state index < -0.39 is 17.3 Å². The molecule has 0 saturated carbocycles. The molecule has 0 unspecified atom stereocenters. The topological polar surface area (TPSA) is 60.9 Å². The van der Waals surface area contributed by atoms with E-state index in [2.05, 4.69) is 5.10 Å². The van der Waals surface area contributed by atoms with Crippen LogP contribution in [0.15, 0.2) is 47.4 Å². The molecule has 23 heavy (non-hydrogen) atoms. The molecule has 1 aromatic heterocycles. The van der Waals surface area contributed by atoms with Gasteiger partial charge in [0, 0.05) is 5.39 Å². The monoisotopic (exact) mass is 339 g/mol. The molecule has 0 saturated heterocycles. The quantitative estimate of drug-likeness (QED) is 0.688. The van der Waals surface area contributed by atoms with Crippen molar-refractivity contribution in [3.63, 3.8) is 0 Å². The number of halogens is 4. The number of nitrogens with zero attached hydrogens (tertiary/aromatic N) is 2. The summed E-state index contributed by atoms with van der Waals surface area (Å²) in [5.74, 6) is 0. The normalized spacial score (nSPS) is 11.8. The lowest BCUT2D eigenvalue weighted by Gasteiger charge is -2.10. The summed E-state index contributed by atoms with van der Waals surface area (Å²) < 4.78 is 39.3. The lowest BCUT2D eigenvalue weighted by atomic mass is 10.1. The molecular formula is C15H9ClF3N3O. The summed E-state index contributed by atoms with van der Waals surface area (Å²) in [6.07, 6.45) is -3.15. The summed E-state index contributed by atoms with van der Waals surface area (Å²) in [6, 6.07) is 7.23. The standard InChI is InChI=1S/C15H9ClF3N3O/c16-12-6-11-8(4-13(12)20)7-21-22(14(11)23)10-3-1-2-9(5-10)15(17,18)19/h1-7H,20H2. The molecule has 0 radical (unpaired) electrons. The second kappa shape index (κ2) is 5.27. The van der Waals surface area contributed by atoms with Crippen molar-refractivity contribution in [2.45, 2.75) is 6.18 Å². The SMILES string of the molecule is Nc1cc2cnn(-c3cccc(C(F)(F)F)c3)c(=O)c2cc1Cl. The smallest absolute Gasteiger partial charge is 0.398 e. The first-order valence-corrected chi connectivity index (χ1v) is 6.80. The van der Waals surface area contributed by atoms with E-state index in [1.165, 1.54) is 30.5 Å². The van der Waals surface area contributed by atoms with E-state index in [-0.39, 0.29) is 21.8 Å². The van der Waals surface area contributed by atoms with Crippen LogP contribution >= 0.6 is 11.6 Å². The molecule has 1 heterocycles. The average molecular weight is 340 g/mol. The lowest BCUT2D eigenvalue weighted by Crippen LogP contribution is -2.21. The van der Waals surface area contributed by atoms with Gasteiger partial charge in [0.1, 0.15) is 0 Å². The minimum Gasteiger partial charge on any atom is -0.398 e. The molecule has 0 aliphatic carbocycles. The van der Waals surface area contributed by atoms with Crippen LogP contribution in [-0.2, 0) is 6.18 Å². The maximum Gasteiger partial charge on any atom is 0.416 e. The van der Waals surface area contributed by atoms with Crippen LogP contribution in [0.5, 0.6) is 0 Å². The van der Waals surface area contributed by atoms with E-state index in [1.54, 1.807) is 0 Å². The van der Waals surface area contributed by atoms with Crippen molar-refractivity contribution in [3.8, 4) is 5.69 Å². The number of hydrogen-bond acceptors (Lipinski definition) is 3. The molecule has 2 aromatic carbocycles. The number of anilines is 1. The molecule has 8 heteroatoms. The second-order valence-corrected chi connectivity index (χ2v) is 5.28. The van der Waals surface area contributed by atoms with Crippen LogP contribution in [0.2, 0.25) is 5.02 Å². The van der Waals surface area contributed by atoms with E-state index >= 15 is 0 Å². The Balaban J connectivity index is 2.24. The Morgan fingerprint density at radius 3 is 2.61 bits per heavy atom. The van der Waals surface area contributed by atoms with Gasteiger partial charge in [0.05, 0.1) is 33.5 Å². The molecule has 3 aromatic rings. The minimum absolute atomic E-state index is 0.0136. The second-order valence-electron chi connectivity index (χ2n) is 4.87. The third-order valence-corrected chi connectivity index (χ3v) is 3.65. The van der Waals surface area contributed by atoms with E-state index in [4.69, 9.17) is 17.3 Å². The molecule has 0 fully saturated rings. The third-order valence-electron chi connectivity index (χ3n) is 3.32. The number of alkyl halides is 3. The molecule has 0 aliphatic heterocycles. The Kier molecular flexibility index (Phi) is 3.52. The summed E-state index contributed by atoms with van der Waals surface area (Å²) >= 11 is 5.90. The lowest BCUT2D eigenvalue weighted by molar-refractivity contribution is -0.137. The number of hydrogen-bond donors (Lipinski definition) is 1. The highest BCUT2D eigenvalue weighted by Crippen LogP contribution is 2.30. The predicted molar refractivity (Wildman–Crippen MR) is 81.8 cm³/mol. The maximum absolute atomic E-state index is 12.8. The van der Waals surface area contributed by atoms with Gasteiger partial charge in [-0.25, -0.2) is 0 Å². The van der Waals surface area contributed by atoms with Gasteiger partial charge in [-0.15, -0.1) is 0 Å². The highest BCUT2D eigenvalue weighted by molar-refractivity contribution is 6.33. The Labute approximate surface area is 132 Å². The van der Waals surface area contributed by atoms with Crippen molar-refractivity contribution in [2.75, 3.05) is 5.73 Å². The molecule has 0 bridgehead atoms. The molecule has 0 aliphatic rings. The van der Waals surface area contributed by atoms with Gasteiger partial charge in [-0.05, 0) is 30.3 Å². The first kappa shape index (κ1) is 15.4. The number of fused-ring (bicyclic) bond motifs is 1. The fourth-order valence-electron chi connectivity index (χ4n) is 2.18. The average Bonchev–Trinajstić information content (AvgIpc) is 2.49. The molecule has 3 rings (SSSR count). The predicted octanol–water partition coefficient (Wildman–Crippen LogP) is 3.64. The van der Waals surface area contributed by atoms with Crippen LogP contribution in [-0.4, -0.2) is 9.78 Å². The van der Waals surface area contributed by atoms with E-state index in [0.29, 0.717) is 5.39 Å². The van der Waals surface area contributed by atoms with E-state index in [9.17, 15) is 18.0 Å². The van der Waals surface area contributed by atoms with Crippen molar-refractivity contribution < 1.29 is 13.2 Å². The number of rotatable bonds is 1. The van der Waals surface area contributed by atoms with Crippen LogP contribution in [0.4, 0.5) is 18.9 Å². The van der Waals surface area contributed by atoms with Gasteiger partial charge in [-0.1, -0.05) is 17.7 Å². The number of benzene rings is 2. The Morgan fingerprint density at radius 2 is 1.91 bits per heavy atom. The largest absolute Gasteiger partial charge is 0.416 e. The zero-order chi connectivity index (χ0) is 16.8. The van der Waals surface area contributed by atoms with Gasteiger partial charge >= 0.3 is 6.18 Å². The van der Waals surface area contributed by atoms with Gasteiger partial charge in [0.15, 0.2) is 0 Å². The fraction of sp³-hybridized carbons (Fsp3) is 0.0667. The first-order valence-electron chi connectivity index (χ1n) is 6.42. The molecular weight excluding hydrogens is 331 g/mol. The third kappa shape index (κ3) is 2.75. The highest BCUT2D eigenvalue weighted by atomic mass is 35.5. The number of aromatic nitrogens is 2. The Morgan fingerprint density at radius 1 is 1.17 bits per heavy atom. The summed E-state index contributed by atoms with van der Waals surface area (Å²) in [5, 5.41) is 4.78. The molecule has 2 N–H and O–H groups in total. The van der Waals surface area contributed by atoms with E-state index in [0.717, 1.165) is 16.8 Å². The van der Waals surface area contributed by atoms with Crippen molar-refractivity contribution >= 4 is 28.1 Å². The van der Waals surface area contributed by atoms with E-state index in [1.807, 2.05) is 0 Å². The van der Waals surface area contributed by atoms with Crippen molar-refractivity contribution in [1.82, 2.24) is 9.78 Å². The number of nitrogen functional groups attached to an aromatic ring is 1. The zero-order valence-electron chi connectivity index (χ0n) is 11.4. The van der Waals surface area contributed by atoms with Crippen LogP contribution < -0.4 is 11.3 Å². The van der Waals surface area contributed by atoms with Gasteiger partial charge in [0.25, 0.3) is 5.56 Å². The van der Waals surface area contributed by atoms with Crippen molar-refractivity contribution in [3.05, 3.63) is 63.5 Å². The molecule has 118 valence electrons. The van der Waals surface area contributed by atoms with Gasteiger partial charge < -0.3 is 5.73 Å². The van der Waals surface area contributed by atoms with Gasteiger partial charge in [-0.3, -0.25) is 4.79 Å². The molecule has 0 atom stereocenters.